The number of aliphatic hydroxyl groups excluding tert-OH is 1. The highest BCUT2D eigenvalue weighted by Crippen LogP contribution is 2.20. The second-order valence-electron chi connectivity index (χ2n) is 4.49. The molecule has 1 heterocycles. The third kappa shape index (κ3) is 3.17. The molecule has 94 valence electrons. The molecule has 1 aromatic rings. The zero-order chi connectivity index (χ0) is 12.3. The summed E-state index contributed by atoms with van der Waals surface area (Å²) in [6.07, 6.45) is 1.53. The van der Waals surface area contributed by atoms with Gasteiger partial charge in [0, 0.05) is 18.7 Å². The van der Waals surface area contributed by atoms with Crippen LogP contribution in [-0.2, 0) is 6.54 Å². The monoisotopic (exact) mass is 239 g/mol. The molecule has 0 aromatic heterocycles. The summed E-state index contributed by atoms with van der Waals surface area (Å²) in [6, 6.07) is 4.76. The Hall–Kier alpha value is -1.13. The van der Waals surface area contributed by atoms with E-state index >= 15 is 0 Å². The molecule has 1 saturated heterocycles. The van der Waals surface area contributed by atoms with E-state index in [1.54, 1.807) is 19.2 Å². The lowest BCUT2D eigenvalue weighted by atomic mass is 10.1. The number of halogens is 1. The van der Waals surface area contributed by atoms with Gasteiger partial charge in [0.2, 0.25) is 0 Å². The average Bonchev–Trinajstić information content (AvgIpc) is 2.32. The predicted molar refractivity (Wildman–Crippen MR) is 63.5 cm³/mol. The number of benzene rings is 1. The number of piperidine rings is 1. The van der Waals surface area contributed by atoms with E-state index in [2.05, 4.69) is 4.90 Å². The third-order valence-electron chi connectivity index (χ3n) is 3.13. The molecule has 0 amide bonds. The van der Waals surface area contributed by atoms with Crippen molar-refractivity contribution in [1.29, 1.82) is 0 Å². The molecule has 3 nitrogen and oxygen atoms in total. The van der Waals surface area contributed by atoms with Crippen LogP contribution in [0.15, 0.2) is 18.2 Å². The standard InChI is InChI=1S/C13H18FNO2/c1-17-12-4-5-13(14)10(7-12)8-15-6-2-3-11(16)9-15/h4-5,7,11,16H,2-3,6,8-9H2,1H3/t11-/m0/s1. The van der Waals surface area contributed by atoms with Gasteiger partial charge in [-0.25, -0.2) is 4.39 Å². The minimum atomic E-state index is -0.280. The van der Waals surface area contributed by atoms with Crippen LogP contribution in [-0.4, -0.2) is 36.3 Å². The topological polar surface area (TPSA) is 32.7 Å². The number of hydrogen-bond donors (Lipinski definition) is 1. The van der Waals surface area contributed by atoms with E-state index < -0.39 is 0 Å². The third-order valence-corrected chi connectivity index (χ3v) is 3.13. The molecule has 0 bridgehead atoms. The number of hydrogen-bond acceptors (Lipinski definition) is 3. The van der Waals surface area contributed by atoms with Gasteiger partial charge in [-0.3, -0.25) is 4.90 Å². The smallest absolute Gasteiger partial charge is 0.127 e. The highest BCUT2D eigenvalue weighted by atomic mass is 19.1. The van der Waals surface area contributed by atoms with Gasteiger partial charge in [0.1, 0.15) is 11.6 Å². The molecular formula is C13H18FNO2. The summed E-state index contributed by atoms with van der Waals surface area (Å²) in [5.74, 6) is 0.449. The summed E-state index contributed by atoms with van der Waals surface area (Å²) < 4.78 is 18.7. The van der Waals surface area contributed by atoms with Crippen LogP contribution < -0.4 is 4.74 Å². The first-order valence-electron chi connectivity index (χ1n) is 5.92. The Labute approximate surface area is 101 Å². The van der Waals surface area contributed by atoms with Crippen molar-refractivity contribution in [3.63, 3.8) is 0 Å². The molecule has 0 spiro atoms. The van der Waals surface area contributed by atoms with Gasteiger partial charge in [-0.15, -0.1) is 0 Å². The number of β-amino-alcohol motifs (C(OH)–C–C–N with tert-alkyl or cyclic N) is 1. The molecule has 4 heteroatoms. The van der Waals surface area contributed by atoms with Crippen LogP contribution in [0.5, 0.6) is 5.75 Å². The van der Waals surface area contributed by atoms with E-state index in [0.717, 1.165) is 19.4 Å². The van der Waals surface area contributed by atoms with Crippen LogP contribution in [0.25, 0.3) is 0 Å². The van der Waals surface area contributed by atoms with Gasteiger partial charge < -0.3 is 9.84 Å². The molecule has 1 atom stereocenters. The molecular weight excluding hydrogens is 221 g/mol. The Morgan fingerprint density at radius 3 is 3.06 bits per heavy atom. The summed E-state index contributed by atoms with van der Waals surface area (Å²) in [7, 11) is 1.57. The van der Waals surface area contributed by atoms with Crippen molar-refractivity contribution >= 4 is 0 Å². The van der Waals surface area contributed by atoms with Crippen LogP contribution in [0.1, 0.15) is 18.4 Å². The summed E-state index contributed by atoms with van der Waals surface area (Å²) in [5.41, 5.74) is 0.624. The summed E-state index contributed by atoms with van der Waals surface area (Å²) >= 11 is 0. The van der Waals surface area contributed by atoms with Crippen LogP contribution in [0.3, 0.4) is 0 Å². The van der Waals surface area contributed by atoms with E-state index in [-0.39, 0.29) is 11.9 Å². The molecule has 0 saturated carbocycles. The lowest BCUT2D eigenvalue weighted by Gasteiger charge is -2.30. The maximum atomic E-state index is 13.6. The van der Waals surface area contributed by atoms with E-state index in [9.17, 15) is 9.50 Å². The maximum absolute atomic E-state index is 13.6. The highest BCUT2D eigenvalue weighted by Gasteiger charge is 2.18. The first-order chi connectivity index (χ1) is 8.19. The first kappa shape index (κ1) is 12.3. The average molecular weight is 239 g/mol. The van der Waals surface area contributed by atoms with Crippen LogP contribution in [0.4, 0.5) is 4.39 Å². The zero-order valence-electron chi connectivity index (χ0n) is 10.0. The van der Waals surface area contributed by atoms with Crippen molar-refractivity contribution in [3.8, 4) is 5.75 Å². The fourth-order valence-electron chi connectivity index (χ4n) is 2.21. The van der Waals surface area contributed by atoms with E-state index in [1.807, 2.05) is 0 Å². The maximum Gasteiger partial charge on any atom is 0.127 e. The van der Waals surface area contributed by atoms with Crippen molar-refractivity contribution in [1.82, 2.24) is 4.90 Å². The van der Waals surface area contributed by atoms with Crippen LogP contribution >= 0.6 is 0 Å². The van der Waals surface area contributed by atoms with Gasteiger partial charge in [0.05, 0.1) is 13.2 Å². The van der Waals surface area contributed by atoms with Crippen molar-refractivity contribution in [2.45, 2.75) is 25.5 Å². The number of nitrogens with zero attached hydrogens (tertiary/aromatic N) is 1. The Bertz CT molecular complexity index is 384. The van der Waals surface area contributed by atoms with Gasteiger partial charge in [-0.2, -0.15) is 0 Å². The zero-order valence-corrected chi connectivity index (χ0v) is 10.0. The molecule has 1 N–H and O–H groups in total. The summed E-state index contributed by atoms with van der Waals surface area (Å²) in [4.78, 5) is 2.08. The summed E-state index contributed by atoms with van der Waals surface area (Å²) in [6.45, 7) is 2.06. The fraction of sp³-hybridized carbons (Fsp3) is 0.538. The van der Waals surface area contributed by atoms with Gasteiger partial charge in [-0.1, -0.05) is 0 Å². The molecule has 0 radical (unpaired) electrons. The van der Waals surface area contributed by atoms with Gasteiger partial charge in [0.25, 0.3) is 0 Å². The first-order valence-corrected chi connectivity index (χ1v) is 5.92. The normalized spacial score (nSPS) is 21.5. The lowest BCUT2D eigenvalue weighted by Crippen LogP contribution is -2.37. The second kappa shape index (κ2) is 5.47. The number of rotatable bonds is 3. The number of likely N-dealkylation sites (tertiary alicyclic amines) is 1. The van der Waals surface area contributed by atoms with Crippen LogP contribution in [0, 0.1) is 5.82 Å². The van der Waals surface area contributed by atoms with E-state index in [1.165, 1.54) is 6.07 Å². The molecule has 1 aromatic carbocycles. The van der Waals surface area contributed by atoms with E-state index in [4.69, 9.17) is 4.74 Å². The quantitative estimate of drug-likeness (QED) is 0.873. The number of methoxy groups -OCH3 is 1. The lowest BCUT2D eigenvalue weighted by molar-refractivity contribution is 0.0662. The van der Waals surface area contributed by atoms with Crippen LogP contribution in [0.2, 0.25) is 0 Å². The molecule has 0 unspecified atom stereocenters. The van der Waals surface area contributed by atoms with Crippen molar-refractivity contribution in [2.75, 3.05) is 20.2 Å². The largest absolute Gasteiger partial charge is 0.497 e. The minimum absolute atomic E-state index is 0.217. The molecule has 2 rings (SSSR count). The van der Waals surface area contributed by atoms with Crippen molar-refractivity contribution in [2.24, 2.45) is 0 Å². The highest BCUT2D eigenvalue weighted by molar-refractivity contribution is 5.29. The molecule has 0 aliphatic carbocycles. The van der Waals surface area contributed by atoms with Crippen molar-refractivity contribution < 1.29 is 14.2 Å². The molecule has 1 fully saturated rings. The van der Waals surface area contributed by atoms with Gasteiger partial charge in [-0.05, 0) is 37.6 Å². The Morgan fingerprint density at radius 1 is 1.53 bits per heavy atom. The Balaban J connectivity index is 2.06. The molecule has 1 aliphatic rings. The predicted octanol–water partition coefficient (Wildman–Crippen LogP) is 1.79. The van der Waals surface area contributed by atoms with Gasteiger partial charge >= 0.3 is 0 Å². The number of aliphatic hydroxyl groups is 1. The fourth-order valence-corrected chi connectivity index (χ4v) is 2.21. The number of ether oxygens (including phenoxy) is 1. The molecule has 17 heavy (non-hydrogen) atoms. The second-order valence-corrected chi connectivity index (χ2v) is 4.49. The molecule has 1 aliphatic heterocycles. The van der Waals surface area contributed by atoms with Crippen molar-refractivity contribution in [3.05, 3.63) is 29.6 Å². The van der Waals surface area contributed by atoms with Gasteiger partial charge in [0.15, 0.2) is 0 Å². The Kier molecular flexibility index (Phi) is 3.97. The Morgan fingerprint density at radius 2 is 2.35 bits per heavy atom. The van der Waals surface area contributed by atoms with E-state index in [0.29, 0.717) is 24.4 Å². The minimum Gasteiger partial charge on any atom is -0.497 e. The SMILES string of the molecule is COc1ccc(F)c(CN2CCC[C@H](O)C2)c1. The summed E-state index contributed by atoms with van der Waals surface area (Å²) in [5, 5.41) is 9.57.